The fourth-order valence-electron chi connectivity index (χ4n) is 1.08. The third-order valence-corrected chi connectivity index (χ3v) is 2.11. The Morgan fingerprint density at radius 3 is 2.33 bits per heavy atom. The van der Waals surface area contributed by atoms with Gasteiger partial charge in [-0.25, -0.2) is 0 Å². The zero-order valence-corrected chi connectivity index (χ0v) is 10.3. The number of esters is 1. The van der Waals surface area contributed by atoms with Crippen LogP contribution in [0.15, 0.2) is 0 Å². The van der Waals surface area contributed by atoms with Crippen molar-refractivity contribution in [1.82, 2.24) is 5.32 Å². The molecule has 0 heterocycles. The van der Waals surface area contributed by atoms with Crippen molar-refractivity contribution in [3.05, 3.63) is 0 Å². The third-order valence-electron chi connectivity index (χ3n) is 2.11. The number of hydrogen-bond acceptors (Lipinski definition) is 6. The van der Waals surface area contributed by atoms with Gasteiger partial charge in [-0.3, -0.25) is 14.4 Å². The van der Waals surface area contributed by atoms with Crippen LogP contribution in [0.2, 0.25) is 0 Å². The maximum atomic E-state index is 11.5. The van der Waals surface area contributed by atoms with E-state index < -0.39 is 42.5 Å². The summed E-state index contributed by atoms with van der Waals surface area (Å²) >= 11 is 0. The molecule has 8 heteroatoms. The smallest absolute Gasteiger partial charge is 0.305 e. The average Bonchev–Trinajstić information content (AvgIpc) is 2.21. The number of carbonyl (C=O) groups is 3. The van der Waals surface area contributed by atoms with E-state index in [9.17, 15) is 19.5 Å². The molecule has 0 spiro atoms. The Bertz CT molecular complexity index is 317. The van der Waals surface area contributed by atoms with Gasteiger partial charge in [0.15, 0.2) is 0 Å². The van der Waals surface area contributed by atoms with Crippen molar-refractivity contribution < 1.29 is 29.3 Å². The molecule has 18 heavy (non-hydrogen) atoms. The van der Waals surface area contributed by atoms with Crippen molar-refractivity contribution in [2.45, 2.75) is 38.5 Å². The van der Waals surface area contributed by atoms with Crippen molar-refractivity contribution in [3.8, 4) is 0 Å². The van der Waals surface area contributed by atoms with Gasteiger partial charge in [0.05, 0.1) is 24.6 Å². The average molecular weight is 262 g/mol. The minimum Gasteiger partial charge on any atom is -0.481 e. The Morgan fingerprint density at radius 2 is 1.94 bits per heavy atom. The molecule has 3 atom stereocenters. The van der Waals surface area contributed by atoms with Crippen LogP contribution in [0.25, 0.3) is 0 Å². The van der Waals surface area contributed by atoms with Crippen LogP contribution < -0.4 is 11.1 Å². The standard InChI is InChI=1S/C10H18N2O6/c1-5(13)8(4-18-6(2)14)12-10(17)7(11)3-9(15)16/h5,7-8,13H,3-4,11H2,1-2H3,(H,12,17)(H,15,16). The summed E-state index contributed by atoms with van der Waals surface area (Å²) < 4.78 is 4.66. The number of carboxylic acids is 1. The summed E-state index contributed by atoms with van der Waals surface area (Å²) in [6, 6.07) is -2.05. The molecule has 5 N–H and O–H groups in total. The number of hydrogen-bond donors (Lipinski definition) is 4. The molecule has 0 aliphatic carbocycles. The van der Waals surface area contributed by atoms with Crippen LogP contribution in [0.3, 0.4) is 0 Å². The van der Waals surface area contributed by atoms with Gasteiger partial charge in [0, 0.05) is 6.92 Å². The molecule has 0 aliphatic rings. The van der Waals surface area contributed by atoms with E-state index in [1.807, 2.05) is 0 Å². The molecule has 0 fully saturated rings. The highest BCUT2D eigenvalue weighted by molar-refractivity contribution is 5.86. The van der Waals surface area contributed by atoms with Crippen LogP contribution in [0.4, 0.5) is 0 Å². The molecule has 104 valence electrons. The molecule has 0 aromatic rings. The normalized spacial score (nSPS) is 15.3. The molecule has 0 saturated carbocycles. The first-order valence-electron chi connectivity index (χ1n) is 5.33. The molecule has 0 aromatic heterocycles. The first-order chi connectivity index (χ1) is 8.23. The summed E-state index contributed by atoms with van der Waals surface area (Å²) in [7, 11) is 0. The second-order valence-corrected chi connectivity index (χ2v) is 3.86. The Labute approximate surface area is 104 Å². The fraction of sp³-hybridized carbons (Fsp3) is 0.700. The van der Waals surface area contributed by atoms with Crippen molar-refractivity contribution in [3.63, 3.8) is 0 Å². The van der Waals surface area contributed by atoms with Gasteiger partial charge < -0.3 is 26.0 Å². The van der Waals surface area contributed by atoms with Gasteiger partial charge in [0.25, 0.3) is 0 Å². The van der Waals surface area contributed by atoms with E-state index in [4.69, 9.17) is 10.8 Å². The van der Waals surface area contributed by atoms with E-state index in [1.54, 1.807) is 0 Å². The molecule has 0 bridgehead atoms. The summed E-state index contributed by atoms with van der Waals surface area (Å²) in [4.78, 5) is 32.5. The highest BCUT2D eigenvalue weighted by atomic mass is 16.5. The molecule has 8 nitrogen and oxygen atoms in total. The lowest BCUT2D eigenvalue weighted by Crippen LogP contribution is -2.51. The summed E-state index contributed by atoms with van der Waals surface area (Å²) in [5.74, 6) is -2.48. The second-order valence-electron chi connectivity index (χ2n) is 3.86. The Morgan fingerprint density at radius 1 is 1.39 bits per heavy atom. The number of aliphatic carboxylic acids is 1. The minimum absolute atomic E-state index is 0.210. The fourth-order valence-corrected chi connectivity index (χ4v) is 1.08. The molecule has 0 saturated heterocycles. The van der Waals surface area contributed by atoms with E-state index >= 15 is 0 Å². The Balaban J connectivity index is 4.35. The maximum absolute atomic E-state index is 11.5. The second kappa shape index (κ2) is 7.62. The molecular formula is C10H18N2O6. The summed E-state index contributed by atoms with van der Waals surface area (Å²) in [6.07, 6.45) is -1.49. The zero-order chi connectivity index (χ0) is 14.3. The van der Waals surface area contributed by atoms with Gasteiger partial charge in [0.2, 0.25) is 5.91 Å². The number of amides is 1. The van der Waals surface area contributed by atoms with Crippen molar-refractivity contribution >= 4 is 17.8 Å². The molecule has 1 amide bonds. The molecule has 3 unspecified atom stereocenters. The SMILES string of the molecule is CC(=O)OCC(NC(=O)C(N)CC(=O)O)C(C)O. The van der Waals surface area contributed by atoms with Crippen LogP contribution in [0.1, 0.15) is 20.3 Å². The third kappa shape index (κ3) is 6.81. The first-order valence-corrected chi connectivity index (χ1v) is 5.33. The lowest BCUT2D eigenvalue weighted by atomic mass is 10.1. The largest absolute Gasteiger partial charge is 0.481 e. The maximum Gasteiger partial charge on any atom is 0.305 e. The van der Waals surface area contributed by atoms with Gasteiger partial charge >= 0.3 is 11.9 Å². The molecule has 0 aromatic carbocycles. The summed E-state index contributed by atoms with van der Waals surface area (Å²) in [5, 5.41) is 20.2. The highest BCUT2D eigenvalue weighted by Gasteiger charge is 2.23. The lowest BCUT2D eigenvalue weighted by molar-refractivity contribution is -0.143. The van der Waals surface area contributed by atoms with Crippen LogP contribution in [0, 0.1) is 0 Å². The first kappa shape index (κ1) is 16.3. The zero-order valence-electron chi connectivity index (χ0n) is 10.3. The number of aliphatic hydroxyl groups is 1. The summed E-state index contributed by atoms with van der Waals surface area (Å²) in [5.41, 5.74) is 5.34. The van der Waals surface area contributed by atoms with E-state index in [0.717, 1.165) is 0 Å². The molecular weight excluding hydrogens is 244 g/mol. The number of ether oxygens (including phenoxy) is 1. The van der Waals surface area contributed by atoms with Crippen molar-refractivity contribution in [1.29, 1.82) is 0 Å². The van der Waals surface area contributed by atoms with E-state index in [0.29, 0.717) is 0 Å². The topological polar surface area (TPSA) is 139 Å². The highest BCUT2D eigenvalue weighted by Crippen LogP contribution is 1.97. The Hall–Kier alpha value is -1.67. The van der Waals surface area contributed by atoms with Crippen LogP contribution in [-0.4, -0.2) is 52.9 Å². The predicted octanol–water partition coefficient (Wildman–Crippen LogP) is -1.78. The number of nitrogens with one attached hydrogen (secondary N) is 1. The Kier molecular flexibility index (Phi) is 6.91. The number of rotatable bonds is 7. The molecule has 0 aliphatic heterocycles. The lowest BCUT2D eigenvalue weighted by Gasteiger charge is -2.22. The molecule has 0 rings (SSSR count). The monoisotopic (exact) mass is 262 g/mol. The van der Waals surface area contributed by atoms with Crippen LogP contribution in [-0.2, 0) is 19.1 Å². The number of nitrogens with two attached hydrogens (primary N) is 1. The quantitative estimate of drug-likeness (QED) is 0.397. The van der Waals surface area contributed by atoms with Gasteiger partial charge in [-0.1, -0.05) is 0 Å². The van der Waals surface area contributed by atoms with Gasteiger partial charge in [-0.05, 0) is 6.92 Å². The van der Waals surface area contributed by atoms with Crippen molar-refractivity contribution in [2.75, 3.05) is 6.61 Å². The predicted molar refractivity (Wildman–Crippen MR) is 60.5 cm³/mol. The van der Waals surface area contributed by atoms with Crippen LogP contribution in [0.5, 0.6) is 0 Å². The van der Waals surface area contributed by atoms with Crippen molar-refractivity contribution in [2.24, 2.45) is 5.73 Å². The van der Waals surface area contributed by atoms with Gasteiger partial charge in [-0.15, -0.1) is 0 Å². The molecule has 0 radical (unpaired) electrons. The van der Waals surface area contributed by atoms with E-state index in [2.05, 4.69) is 10.1 Å². The van der Waals surface area contributed by atoms with E-state index in [1.165, 1.54) is 13.8 Å². The van der Waals surface area contributed by atoms with Gasteiger partial charge in [-0.2, -0.15) is 0 Å². The number of aliphatic hydroxyl groups excluding tert-OH is 1. The minimum atomic E-state index is -1.22. The van der Waals surface area contributed by atoms with Crippen LogP contribution >= 0.6 is 0 Å². The van der Waals surface area contributed by atoms with Gasteiger partial charge in [0.1, 0.15) is 6.61 Å². The number of carbonyl (C=O) groups excluding carboxylic acids is 2. The number of carboxylic acid groups (broad SMARTS) is 1. The van der Waals surface area contributed by atoms with E-state index in [-0.39, 0.29) is 6.61 Å². The summed E-state index contributed by atoms with van der Waals surface area (Å²) in [6.45, 7) is 2.38.